The van der Waals surface area contributed by atoms with Crippen LogP contribution in [0.1, 0.15) is 23.9 Å². The second kappa shape index (κ2) is 9.86. The van der Waals surface area contributed by atoms with Gasteiger partial charge in [0.05, 0.1) is 23.6 Å². The van der Waals surface area contributed by atoms with E-state index in [1.54, 1.807) is 26.2 Å². The van der Waals surface area contributed by atoms with E-state index < -0.39 is 0 Å². The van der Waals surface area contributed by atoms with E-state index in [1.165, 1.54) is 6.39 Å². The Morgan fingerprint density at radius 3 is 2.64 bits per heavy atom. The fourth-order valence-electron chi connectivity index (χ4n) is 3.83. The number of hydrogen-bond acceptors (Lipinski definition) is 6. The van der Waals surface area contributed by atoms with Crippen molar-refractivity contribution in [2.75, 3.05) is 12.4 Å². The van der Waals surface area contributed by atoms with Crippen molar-refractivity contribution in [1.29, 1.82) is 0 Å². The van der Waals surface area contributed by atoms with Crippen LogP contribution in [0.3, 0.4) is 0 Å². The number of nitrogens with one attached hydrogen (secondary N) is 2. The first-order chi connectivity index (χ1) is 17.5. The molecule has 0 aliphatic heterocycles. The third kappa shape index (κ3) is 4.60. The van der Waals surface area contributed by atoms with Gasteiger partial charge in [-0.05, 0) is 75.3 Å². The van der Waals surface area contributed by atoms with Crippen LogP contribution in [0.5, 0.6) is 0 Å². The quantitative estimate of drug-likeness (QED) is 0.367. The first-order valence-electron chi connectivity index (χ1n) is 11.5. The number of likely N-dealkylation sites (N-methyl/N-ethyl adjacent to an activating group) is 1. The molecule has 0 spiro atoms. The molecule has 0 bridgehead atoms. The summed E-state index contributed by atoms with van der Waals surface area (Å²) in [6.07, 6.45) is 5.04. The van der Waals surface area contributed by atoms with Gasteiger partial charge < -0.3 is 15.1 Å². The molecule has 1 amide bonds. The fraction of sp³-hybridized carbons (Fsp3) is 0.143. The number of imidazole rings is 1. The number of pyridine rings is 2. The Morgan fingerprint density at radius 1 is 1.06 bits per heavy atom. The zero-order valence-electron chi connectivity index (χ0n) is 20.1. The van der Waals surface area contributed by atoms with Crippen LogP contribution in [0.4, 0.5) is 5.82 Å². The Balaban J connectivity index is 1.56. The molecule has 0 aliphatic carbocycles. The van der Waals surface area contributed by atoms with Crippen molar-refractivity contribution < 1.29 is 9.21 Å². The molecule has 4 aromatic heterocycles. The molecule has 0 saturated heterocycles. The summed E-state index contributed by atoms with van der Waals surface area (Å²) in [7, 11) is 1.73. The zero-order chi connectivity index (χ0) is 25.1. The van der Waals surface area contributed by atoms with Crippen LogP contribution in [-0.4, -0.2) is 38.3 Å². The van der Waals surface area contributed by atoms with Gasteiger partial charge in [-0.1, -0.05) is 12.0 Å². The molecule has 0 aliphatic rings. The lowest BCUT2D eigenvalue weighted by atomic mass is 10.1. The number of carbonyl (C=O) groups is 1. The van der Waals surface area contributed by atoms with Crippen molar-refractivity contribution in [2.45, 2.75) is 19.9 Å². The van der Waals surface area contributed by atoms with Crippen molar-refractivity contribution in [3.05, 3.63) is 90.3 Å². The van der Waals surface area contributed by atoms with Crippen molar-refractivity contribution in [1.82, 2.24) is 24.7 Å². The molecule has 178 valence electrons. The second-order valence-electron chi connectivity index (χ2n) is 8.26. The molecule has 1 atom stereocenters. The van der Waals surface area contributed by atoms with Crippen molar-refractivity contribution in [2.24, 2.45) is 0 Å². The van der Waals surface area contributed by atoms with Crippen LogP contribution in [-0.2, 0) is 4.79 Å². The minimum absolute atomic E-state index is 0.175. The normalized spacial score (nSPS) is 11.6. The van der Waals surface area contributed by atoms with E-state index in [0.717, 1.165) is 33.7 Å². The van der Waals surface area contributed by atoms with E-state index in [0.29, 0.717) is 17.3 Å². The lowest BCUT2D eigenvalue weighted by molar-refractivity contribution is -0.117. The Bertz CT molecular complexity index is 1590. The van der Waals surface area contributed by atoms with Crippen LogP contribution in [0.15, 0.2) is 77.8 Å². The van der Waals surface area contributed by atoms with E-state index >= 15 is 0 Å². The van der Waals surface area contributed by atoms with Crippen LogP contribution in [0, 0.1) is 18.8 Å². The molecule has 0 fully saturated rings. The number of oxazole rings is 1. The smallest absolute Gasteiger partial charge is 0.242 e. The summed E-state index contributed by atoms with van der Waals surface area (Å²) in [4.78, 5) is 25.8. The highest BCUT2D eigenvalue weighted by Gasteiger charge is 2.17. The van der Waals surface area contributed by atoms with E-state index in [-0.39, 0.29) is 11.9 Å². The Kier molecular flexibility index (Phi) is 6.31. The molecule has 8 nitrogen and oxygen atoms in total. The number of aryl methyl sites for hydroxylation is 1. The number of hydrogen-bond donors (Lipinski definition) is 2. The van der Waals surface area contributed by atoms with Crippen LogP contribution >= 0.6 is 0 Å². The van der Waals surface area contributed by atoms with E-state index in [2.05, 4.69) is 32.4 Å². The van der Waals surface area contributed by atoms with Gasteiger partial charge >= 0.3 is 0 Å². The minimum atomic E-state index is -0.357. The number of carbonyl (C=O) groups excluding carboxylic acids is 1. The highest BCUT2D eigenvalue weighted by molar-refractivity contribution is 5.94. The third-order valence-corrected chi connectivity index (χ3v) is 5.86. The Morgan fingerprint density at radius 2 is 1.89 bits per heavy atom. The van der Waals surface area contributed by atoms with Crippen molar-refractivity contribution in [3.8, 4) is 34.4 Å². The van der Waals surface area contributed by atoms with Gasteiger partial charge in [0.15, 0.2) is 12.2 Å². The summed E-state index contributed by atoms with van der Waals surface area (Å²) in [6, 6.07) is 16.9. The maximum atomic E-state index is 12.4. The number of rotatable bonds is 5. The first kappa shape index (κ1) is 23.0. The monoisotopic (exact) mass is 476 g/mol. The molecule has 1 aromatic carbocycles. The average Bonchev–Trinajstić information content (AvgIpc) is 3.55. The molecule has 1 unspecified atom stereocenters. The highest BCUT2D eigenvalue weighted by atomic mass is 16.3. The maximum Gasteiger partial charge on any atom is 0.242 e. The van der Waals surface area contributed by atoms with Gasteiger partial charge in [-0.3, -0.25) is 9.20 Å². The lowest BCUT2D eigenvalue weighted by Gasteiger charge is -2.12. The highest BCUT2D eigenvalue weighted by Crippen LogP contribution is 2.28. The van der Waals surface area contributed by atoms with Gasteiger partial charge in [-0.2, -0.15) is 0 Å². The molecule has 36 heavy (non-hydrogen) atoms. The largest absolute Gasteiger partial charge is 0.444 e. The summed E-state index contributed by atoms with van der Waals surface area (Å²) >= 11 is 0. The molecule has 5 rings (SSSR count). The predicted molar refractivity (Wildman–Crippen MR) is 138 cm³/mol. The topological polar surface area (TPSA) is 97.4 Å². The molecular weight excluding hydrogens is 452 g/mol. The van der Waals surface area contributed by atoms with E-state index in [1.807, 2.05) is 66.1 Å². The standard InChI is InChI=1S/C28H24N6O2/c1-18-27(34-15-5-4-6-26(34)31-18)22-12-14-25(33-28(35)19(2)29-3)32-23(22)13-9-20-7-10-21(11-8-20)24-16-30-17-36-24/h4-8,10-12,14-17,19,29H,1-3H3,(H,32,33,35). The molecule has 2 N–H and O–H groups in total. The van der Waals surface area contributed by atoms with Gasteiger partial charge in [0.1, 0.15) is 17.2 Å². The van der Waals surface area contributed by atoms with Crippen LogP contribution in [0.25, 0.3) is 28.2 Å². The van der Waals surface area contributed by atoms with Gasteiger partial charge in [-0.15, -0.1) is 0 Å². The van der Waals surface area contributed by atoms with Gasteiger partial charge in [0, 0.05) is 22.9 Å². The van der Waals surface area contributed by atoms with Gasteiger partial charge in [-0.25, -0.2) is 15.0 Å². The number of nitrogens with zero attached hydrogens (tertiary/aromatic N) is 4. The van der Waals surface area contributed by atoms with Crippen LogP contribution < -0.4 is 10.6 Å². The summed E-state index contributed by atoms with van der Waals surface area (Å²) in [6.45, 7) is 3.75. The van der Waals surface area contributed by atoms with E-state index in [9.17, 15) is 4.79 Å². The number of benzene rings is 1. The third-order valence-electron chi connectivity index (χ3n) is 5.86. The minimum Gasteiger partial charge on any atom is -0.444 e. The molecule has 0 saturated carbocycles. The predicted octanol–water partition coefficient (Wildman–Crippen LogP) is 4.31. The molecule has 4 heterocycles. The van der Waals surface area contributed by atoms with Crippen molar-refractivity contribution >= 4 is 17.4 Å². The molecular formula is C28H24N6O2. The average molecular weight is 477 g/mol. The lowest BCUT2D eigenvalue weighted by Crippen LogP contribution is -2.35. The maximum absolute atomic E-state index is 12.4. The van der Waals surface area contributed by atoms with Gasteiger partial charge in [0.2, 0.25) is 5.91 Å². The summed E-state index contributed by atoms with van der Waals surface area (Å²) in [5.74, 6) is 7.37. The number of aromatic nitrogens is 4. The molecule has 5 aromatic rings. The Labute approximate surface area is 208 Å². The molecule has 0 radical (unpaired) electrons. The van der Waals surface area contributed by atoms with Crippen molar-refractivity contribution in [3.63, 3.8) is 0 Å². The summed E-state index contributed by atoms with van der Waals surface area (Å²) in [5, 5.41) is 5.79. The first-order valence-corrected chi connectivity index (χ1v) is 11.5. The SMILES string of the molecule is CNC(C)C(=O)Nc1ccc(-c2c(C)nc3ccccn23)c(C#Cc2ccc(-c3cnco3)cc2)n1. The number of anilines is 1. The van der Waals surface area contributed by atoms with Gasteiger partial charge in [0.25, 0.3) is 0 Å². The number of fused-ring (bicyclic) bond motifs is 1. The van der Waals surface area contributed by atoms with Crippen LogP contribution in [0.2, 0.25) is 0 Å². The summed E-state index contributed by atoms with van der Waals surface area (Å²) in [5.41, 5.74) is 5.72. The summed E-state index contributed by atoms with van der Waals surface area (Å²) < 4.78 is 7.38. The zero-order valence-corrected chi connectivity index (χ0v) is 20.1. The van der Waals surface area contributed by atoms with E-state index in [4.69, 9.17) is 9.40 Å². The molecule has 8 heteroatoms. The fourth-order valence-corrected chi connectivity index (χ4v) is 3.83. The second-order valence-corrected chi connectivity index (χ2v) is 8.26. The number of amides is 1. The Hall–Kier alpha value is -4.74.